The highest BCUT2D eigenvalue weighted by atomic mass is 16.1. The molecule has 86 valence electrons. The van der Waals surface area contributed by atoms with Gasteiger partial charge in [-0.05, 0) is 25.2 Å². The number of amides is 1. The first-order valence-electron chi connectivity index (χ1n) is 5.79. The van der Waals surface area contributed by atoms with E-state index in [1.54, 1.807) is 0 Å². The van der Waals surface area contributed by atoms with E-state index in [-0.39, 0.29) is 11.9 Å². The van der Waals surface area contributed by atoms with Crippen molar-refractivity contribution >= 4 is 5.91 Å². The van der Waals surface area contributed by atoms with Gasteiger partial charge in [0, 0.05) is 18.5 Å². The molecule has 3 nitrogen and oxygen atoms in total. The lowest BCUT2D eigenvalue weighted by molar-refractivity contribution is -0.122. The van der Waals surface area contributed by atoms with Gasteiger partial charge in [0.15, 0.2) is 0 Å². The van der Waals surface area contributed by atoms with E-state index in [4.69, 9.17) is 5.73 Å². The Morgan fingerprint density at radius 3 is 2.80 bits per heavy atom. The van der Waals surface area contributed by atoms with Gasteiger partial charge >= 0.3 is 0 Å². The van der Waals surface area contributed by atoms with Gasteiger partial charge in [-0.15, -0.1) is 0 Å². The summed E-state index contributed by atoms with van der Waals surface area (Å²) >= 11 is 0. The van der Waals surface area contributed by atoms with Crippen LogP contribution in [-0.4, -0.2) is 18.0 Å². The quantitative estimate of drug-likeness (QED) is 0.692. The number of nitrogens with two attached hydrogens (primary N) is 1. The fourth-order valence-electron chi connectivity index (χ4n) is 1.66. The second-order valence-corrected chi connectivity index (χ2v) is 4.66. The third-order valence-corrected chi connectivity index (χ3v) is 2.91. The van der Waals surface area contributed by atoms with E-state index in [9.17, 15) is 4.79 Å². The summed E-state index contributed by atoms with van der Waals surface area (Å²) in [5, 5.41) is 3.03. The molecule has 3 N–H and O–H groups in total. The van der Waals surface area contributed by atoms with Crippen molar-refractivity contribution in [3.05, 3.63) is 12.2 Å². The Balaban J connectivity index is 2.26. The van der Waals surface area contributed by atoms with Gasteiger partial charge in [0.25, 0.3) is 0 Å². The minimum atomic E-state index is -0.0240. The Morgan fingerprint density at radius 2 is 2.27 bits per heavy atom. The second kappa shape index (κ2) is 5.91. The van der Waals surface area contributed by atoms with Crippen molar-refractivity contribution in [1.29, 1.82) is 0 Å². The summed E-state index contributed by atoms with van der Waals surface area (Å²) in [4.78, 5) is 11.6. The molecule has 2 atom stereocenters. The van der Waals surface area contributed by atoms with E-state index >= 15 is 0 Å². The summed E-state index contributed by atoms with van der Waals surface area (Å²) in [7, 11) is 0. The Labute approximate surface area is 92.1 Å². The van der Waals surface area contributed by atoms with Crippen LogP contribution in [0.25, 0.3) is 0 Å². The average molecular weight is 210 g/mol. The van der Waals surface area contributed by atoms with Crippen molar-refractivity contribution in [3.63, 3.8) is 0 Å². The zero-order valence-electron chi connectivity index (χ0n) is 9.70. The summed E-state index contributed by atoms with van der Waals surface area (Å²) in [6, 6.07) is 0.297. The highest BCUT2D eigenvalue weighted by molar-refractivity contribution is 5.76. The lowest BCUT2D eigenvalue weighted by Crippen LogP contribution is -2.40. The standard InChI is InChI=1S/C12H22N2O/c1-9(2)11(13)8-12(15)14-10-6-4-3-5-7-10/h3-4,9-11H,5-8,13H2,1-2H3,(H,14,15). The molecule has 0 fully saturated rings. The van der Waals surface area contributed by atoms with Crippen LogP contribution in [0.1, 0.15) is 39.5 Å². The van der Waals surface area contributed by atoms with E-state index in [0.29, 0.717) is 18.4 Å². The lowest BCUT2D eigenvalue weighted by Gasteiger charge is -2.21. The van der Waals surface area contributed by atoms with Crippen LogP contribution in [-0.2, 0) is 4.79 Å². The number of rotatable bonds is 4. The Bertz CT molecular complexity index is 236. The zero-order chi connectivity index (χ0) is 11.3. The Kier molecular flexibility index (Phi) is 4.82. The van der Waals surface area contributed by atoms with Gasteiger partial charge in [-0.3, -0.25) is 4.79 Å². The Hall–Kier alpha value is -0.830. The van der Waals surface area contributed by atoms with Gasteiger partial charge < -0.3 is 11.1 Å². The first kappa shape index (κ1) is 12.2. The van der Waals surface area contributed by atoms with Gasteiger partial charge in [-0.25, -0.2) is 0 Å². The normalized spacial score (nSPS) is 22.8. The predicted octanol–water partition coefficient (Wildman–Crippen LogP) is 1.58. The summed E-state index contributed by atoms with van der Waals surface area (Å²) in [5.74, 6) is 0.457. The largest absolute Gasteiger partial charge is 0.353 e. The van der Waals surface area contributed by atoms with Crippen LogP contribution in [0.15, 0.2) is 12.2 Å². The summed E-state index contributed by atoms with van der Waals surface area (Å²) in [6.07, 6.45) is 7.83. The molecule has 1 rings (SSSR count). The van der Waals surface area contributed by atoms with Crippen LogP contribution < -0.4 is 11.1 Å². The van der Waals surface area contributed by atoms with E-state index in [1.165, 1.54) is 0 Å². The van der Waals surface area contributed by atoms with E-state index in [0.717, 1.165) is 19.3 Å². The van der Waals surface area contributed by atoms with Crippen LogP contribution in [0.3, 0.4) is 0 Å². The third-order valence-electron chi connectivity index (χ3n) is 2.91. The first-order chi connectivity index (χ1) is 7.09. The van der Waals surface area contributed by atoms with E-state index < -0.39 is 0 Å². The van der Waals surface area contributed by atoms with Gasteiger partial charge in [0.1, 0.15) is 0 Å². The number of nitrogens with one attached hydrogen (secondary N) is 1. The topological polar surface area (TPSA) is 55.1 Å². The first-order valence-corrected chi connectivity index (χ1v) is 5.79. The third kappa shape index (κ3) is 4.47. The molecule has 15 heavy (non-hydrogen) atoms. The Morgan fingerprint density at radius 1 is 1.53 bits per heavy atom. The van der Waals surface area contributed by atoms with Gasteiger partial charge in [-0.1, -0.05) is 26.0 Å². The molecule has 0 radical (unpaired) electrons. The summed E-state index contributed by atoms with van der Waals surface area (Å²) in [5.41, 5.74) is 5.85. The molecule has 0 saturated heterocycles. The molecular weight excluding hydrogens is 188 g/mol. The summed E-state index contributed by atoms with van der Waals surface area (Å²) in [6.45, 7) is 4.09. The minimum absolute atomic E-state index is 0.0240. The average Bonchev–Trinajstić information content (AvgIpc) is 2.18. The molecule has 0 bridgehead atoms. The fraction of sp³-hybridized carbons (Fsp3) is 0.750. The molecule has 0 aromatic carbocycles. The monoisotopic (exact) mass is 210 g/mol. The minimum Gasteiger partial charge on any atom is -0.353 e. The van der Waals surface area contributed by atoms with Crippen molar-refractivity contribution < 1.29 is 4.79 Å². The fourth-order valence-corrected chi connectivity index (χ4v) is 1.66. The number of carbonyl (C=O) groups is 1. The molecule has 2 unspecified atom stereocenters. The van der Waals surface area contributed by atoms with Crippen LogP contribution in [0.2, 0.25) is 0 Å². The molecule has 1 aliphatic rings. The highest BCUT2D eigenvalue weighted by Gasteiger charge is 2.16. The number of allylic oxidation sites excluding steroid dienone is 1. The molecule has 0 saturated carbocycles. The SMILES string of the molecule is CC(C)C(N)CC(=O)NC1CC=CCC1. The highest BCUT2D eigenvalue weighted by Crippen LogP contribution is 2.11. The van der Waals surface area contributed by atoms with Gasteiger partial charge in [0.05, 0.1) is 0 Å². The van der Waals surface area contributed by atoms with Gasteiger partial charge in [0.2, 0.25) is 5.91 Å². The van der Waals surface area contributed by atoms with Crippen LogP contribution in [0.4, 0.5) is 0 Å². The molecule has 0 spiro atoms. The molecule has 0 aromatic heterocycles. The van der Waals surface area contributed by atoms with E-state index in [1.807, 2.05) is 13.8 Å². The molecule has 0 aliphatic heterocycles. The maximum atomic E-state index is 11.6. The van der Waals surface area contributed by atoms with Gasteiger partial charge in [-0.2, -0.15) is 0 Å². The summed E-state index contributed by atoms with van der Waals surface area (Å²) < 4.78 is 0. The van der Waals surface area contributed by atoms with E-state index in [2.05, 4.69) is 17.5 Å². The molecule has 3 heteroatoms. The second-order valence-electron chi connectivity index (χ2n) is 4.66. The number of carbonyl (C=O) groups excluding carboxylic acids is 1. The van der Waals surface area contributed by atoms with Crippen LogP contribution in [0.5, 0.6) is 0 Å². The maximum absolute atomic E-state index is 11.6. The smallest absolute Gasteiger partial charge is 0.221 e. The molecular formula is C12H22N2O. The van der Waals surface area contributed by atoms with Crippen molar-refractivity contribution in [2.75, 3.05) is 0 Å². The van der Waals surface area contributed by atoms with Crippen LogP contribution in [0, 0.1) is 5.92 Å². The lowest BCUT2D eigenvalue weighted by atomic mass is 9.99. The molecule has 0 heterocycles. The number of hydrogen-bond donors (Lipinski definition) is 2. The molecule has 1 amide bonds. The van der Waals surface area contributed by atoms with Crippen molar-refractivity contribution in [3.8, 4) is 0 Å². The van der Waals surface area contributed by atoms with Crippen LogP contribution >= 0.6 is 0 Å². The van der Waals surface area contributed by atoms with Crippen molar-refractivity contribution in [2.45, 2.75) is 51.6 Å². The number of hydrogen-bond acceptors (Lipinski definition) is 2. The maximum Gasteiger partial charge on any atom is 0.221 e. The molecule has 0 aromatic rings. The van der Waals surface area contributed by atoms with Crippen molar-refractivity contribution in [2.24, 2.45) is 11.7 Å². The zero-order valence-corrected chi connectivity index (χ0v) is 9.70. The predicted molar refractivity (Wildman–Crippen MR) is 62.4 cm³/mol. The van der Waals surface area contributed by atoms with Crippen molar-refractivity contribution in [1.82, 2.24) is 5.32 Å². The molecule has 1 aliphatic carbocycles.